The molecule has 114 valence electrons. The fraction of sp³-hybridized carbons (Fsp3) is 0.533. The van der Waals surface area contributed by atoms with Crippen LogP contribution in [0.3, 0.4) is 0 Å². The van der Waals surface area contributed by atoms with Gasteiger partial charge < -0.3 is 9.47 Å². The molecule has 2 saturated heterocycles. The Bertz CT molecular complexity index is 552. The second-order valence-electron chi connectivity index (χ2n) is 5.53. The highest BCUT2D eigenvalue weighted by molar-refractivity contribution is 6.42. The molecule has 1 aromatic rings. The number of carbonyl (C=O) groups is 1. The minimum Gasteiger partial charge on any atom is -0.461 e. The molecule has 0 N–H and O–H groups in total. The van der Waals surface area contributed by atoms with E-state index in [0.717, 1.165) is 18.5 Å². The number of esters is 1. The number of benzene rings is 1. The van der Waals surface area contributed by atoms with E-state index in [1.807, 2.05) is 19.1 Å². The number of cyclic esters (lactones) is 1. The maximum atomic E-state index is 11.9. The Morgan fingerprint density at radius 2 is 2.10 bits per heavy atom. The number of halogens is 2. The molecule has 0 radical (unpaired) electrons. The van der Waals surface area contributed by atoms with Gasteiger partial charge in [-0.3, -0.25) is 9.69 Å². The van der Waals surface area contributed by atoms with Crippen LogP contribution in [0, 0.1) is 0 Å². The molecular weight excluding hydrogens is 313 g/mol. The lowest BCUT2D eigenvalue weighted by atomic mass is 10.1. The van der Waals surface area contributed by atoms with Crippen molar-refractivity contribution in [3.63, 3.8) is 0 Å². The van der Waals surface area contributed by atoms with Crippen LogP contribution in [0.4, 0.5) is 0 Å². The molecule has 3 atom stereocenters. The fourth-order valence-corrected chi connectivity index (χ4v) is 3.21. The van der Waals surface area contributed by atoms with Crippen molar-refractivity contribution >= 4 is 29.2 Å². The van der Waals surface area contributed by atoms with Crippen LogP contribution < -0.4 is 0 Å². The molecule has 0 saturated carbocycles. The Hall–Kier alpha value is -0.810. The van der Waals surface area contributed by atoms with Crippen molar-refractivity contribution < 1.29 is 14.3 Å². The van der Waals surface area contributed by atoms with Crippen molar-refractivity contribution in [3.05, 3.63) is 33.8 Å². The SMILES string of the molecule is C[C@@H]1C[C@@H](N2CCO[C@@H](c3ccc(Cl)c(Cl)c3)C2)C(=O)O1. The molecule has 6 heteroatoms. The Morgan fingerprint density at radius 3 is 2.76 bits per heavy atom. The standard InChI is InChI=1S/C15H17Cl2NO3/c1-9-6-13(15(19)21-9)18-4-5-20-14(8-18)10-2-3-11(16)12(17)7-10/h2-3,7,9,13-14H,4-6,8H2,1H3/t9-,13-,14-/m1/s1. The zero-order valence-corrected chi connectivity index (χ0v) is 13.2. The normalized spacial score (nSPS) is 30.4. The van der Waals surface area contributed by atoms with Gasteiger partial charge in [-0.15, -0.1) is 0 Å². The lowest BCUT2D eigenvalue weighted by molar-refractivity contribution is -0.147. The van der Waals surface area contributed by atoms with Crippen molar-refractivity contribution in [1.29, 1.82) is 0 Å². The molecule has 0 bridgehead atoms. The van der Waals surface area contributed by atoms with E-state index in [0.29, 0.717) is 23.2 Å². The first kappa shape index (κ1) is 15.1. The van der Waals surface area contributed by atoms with E-state index < -0.39 is 0 Å². The van der Waals surface area contributed by atoms with Gasteiger partial charge in [0.25, 0.3) is 0 Å². The first-order chi connectivity index (χ1) is 10.0. The van der Waals surface area contributed by atoms with Gasteiger partial charge in [0.15, 0.2) is 0 Å². The van der Waals surface area contributed by atoms with Crippen molar-refractivity contribution in [2.75, 3.05) is 19.7 Å². The van der Waals surface area contributed by atoms with E-state index in [-0.39, 0.29) is 24.2 Å². The molecule has 2 aliphatic heterocycles. The molecular formula is C15H17Cl2NO3. The van der Waals surface area contributed by atoms with E-state index in [2.05, 4.69) is 4.90 Å². The summed E-state index contributed by atoms with van der Waals surface area (Å²) in [5.74, 6) is -0.128. The first-order valence-corrected chi connectivity index (χ1v) is 7.81. The van der Waals surface area contributed by atoms with E-state index in [9.17, 15) is 4.79 Å². The summed E-state index contributed by atoms with van der Waals surface area (Å²) in [6, 6.07) is 5.35. The smallest absolute Gasteiger partial charge is 0.323 e. The summed E-state index contributed by atoms with van der Waals surface area (Å²) in [7, 11) is 0. The Kier molecular flexibility index (Phi) is 4.41. The van der Waals surface area contributed by atoms with Gasteiger partial charge in [0.1, 0.15) is 12.1 Å². The van der Waals surface area contributed by atoms with Gasteiger partial charge in [0, 0.05) is 19.5 Å². The minimum atomic E-state index is -0.158. The van der Waals surface area contributed by atoms with Gasteiger partial charge in [-0.2, -0.15) is 0 Å². The summed E-state index contributed by atoms with van der Waals surface area (Å²) in [5.41, 5.74) is 0.980. The molecule has 0 unspecified atom stereocenters. The average Bonchev–Trinajstić information content (AvgIpc) is 2.81. The summed E-state index contributed by atoms with van der Waals surface area (Å²) >= 11 is 12.0. The number of carbonyl (C=O) groups excluding carboxylic acids is 1. The largest absolute Gasteiger partial charge is 0.461 e. The highest BCUT2D eigenvalue weighted by Crippen LogP contribution is 2.31. The van der Waals surface area contributed by atoms with Crippen LogP contribution in [0.1, 0.15) is 25.0 Å². The van der Waals surface area contributed by atoms with Gasteiger partial charge in [0.05, 0.1) is 22.8 Å². The van der Waals surface area contributed by atoms with E-state index in [4.69, 9.17) is 32.7 Å². The molecule has 0 aromatic heterocycles. The second-order valence-corrected chi connectivity index (χ2v) is 6.34. The van der Waals surface area contributed by atoms with Gasteiger partial charge in [-0.25, -0.2) is 0 Å². The van der Waals surface area contributed by atoms with Gasteiger partial charge in [-0.1, -0.05) is 29.3 Å². The van der Waals surface area contributed by atoms with Crippen LogP contribution in [0.5, 0.6) is 0 Å². The monoisotopic (exact) mass is 329 g/mol. The van der Waals surface area contributed by atoms with Crippen LogP contribution in [0.15, 0.2) is 18.2 Å². The average molecular weight is 330 g/mol. The molecule has 0 amide bonds. The van der Waals surface area contributed by atoms with E-state index in [1.54, 1.807) is 6.07 Å². The van der Waals surface area contributed by atoms with Crippen LogP contribution in [0.2, 0.25) is 10.0 Å². The summed E-state index contributed by atoms with van der Waals surface area (Å²) in [6.07, 6.45) is 0.637. The second kappa shape index (κ2) is 6.13. The van der Waals surface area contributed by atoms with Crippen molar-refractivity contribution in [3.8, 4) is 0 Å². The Labute approximate surface area is 133 Å². The molecule has 0 spiro atoms. The minimum absolute atomic E-state index is 0.00577. The topological polar surface area (TPSA) is 38.8 Å². The van der Waals surface area contributed by atoms with Crippen molar-refractivity contribution in [2.24, 2.45) is 0 Å². The Balaban J connectivity index is 1.73. The highest BCUT2D eigenvalue weighted by atomic mass is 35.5. The van der Waals surface area contributed by atoms with Gasteiger partial charge in [0.2, 0.25) is 0 Å². The predicted octanol–water partition coefficient (Wildman–Crippen LogP) is 3.07. The fourth-order valence-electron chi connectivity index (χ4n) is 2.90. The summed E-state index contributed by atoms with van der Waals surface area (Å²) < 4.78 is 11.1. The van der Waals surface area contributed by atoms with Crippen molar-refractivity contribution in [2.45, 2.75) is 31.6 Å². The summed E-state index contributed by atoms with van der Waals surface area (Å²) in [4.78, 5) is 14.0. The third-order valence-electron chi connectivity index (χ3n) is 4.00. The molecule has 2 heterocycles. The summed E-state index contributed by atoms with van der Waals surface area (Å²) in [5, 5.41) is 1.05. The molecule has 4 nitrogen and oxygen atoms in total. The number of ether oxygens (including phenoxy) is 2. The van der Waals surface area contributed by atoms with E-state index >= 15 is 0 Å². The number of hydrogen-bond donors (Lipinski definition) is 0. The van der Waals surface area contributed by atoms with Crippen LogP contribution in [-0.2, 0) is 14.3 Å². The molecule has 3 rings (SSSR count). The highest BCUT2D eigenvalue weighted by Gasteiger charge is 2.38. The molecule has 2 fully saturated rings. The Morgan fingerprint density at radius 1 is 1.29 bits per heavy atom. The molecule has 21 heavy (non-hydrogen) atoms. The third-order valence-corrected chi connectivity index (χ3v) is 4.74. The molecule has 2 aliphatic rings. The first-order valence-electron chi connectivity index (χ1n) is 7.05. The van der Waals surface area contributed by atoms with Crippen LogP contribution in [-0.4, -0.2) is 42.7 Å². The maximum absolute atomic E-state index is 11.9. The number of rotatable bonds is 2. The van der Waals surface area contributed by atoms with Gasteiger partial charge >= 0.3 is 5.97 Å². The summed E-state index contributed by atoms with van der Waals surface area (Å²) in [6.45, 7) is 3.91. The van der Waals surface area contributed by atoms with Crippen LogP contribution >= 0.6 is 23.2 Å². The zero-order valence-electron chi connectivity index (χ0n) is 11.7. The predicted molar refractivity (Wildman–Crippen MR) is 80.7 cm³/mol. The quantitative estimate of drug-likeness (QED) is 0.781. The maximum Gasteiger partial charge on any atom is 0.323 e. The number of hydrogen-bond acceptors (Lipinski definition) is 4. The molecule has 1 aromatic carbocycles. The van der Waals surface area contributed by atoms with Crippen LogP contribution in [0.25, 0.3) is 0 Å². The third kappa shape index (κ3) is 3.19. The molecule has 0 aliphatic carbocycles. The van der Waals surface area contributed by atoms with E-state index in [1.165, 1.54) is 0 Å². The lowest BCUT2D eigenvalue weighted by Gasteiger charge is -2.35. The lowest BCUT2D eigenvalue weighted by Crippen LogP contribution is -2.46. The van der Waals surface area contributed by atoms with Gasteiger partial charge in [-0.05, 0) is 24.6 Å². The zero-order chi connectivity index (χ0) is 15.0. The number of nitrogens with zero attached hydrogens (tertiary/aromatic N) is 1. The number of morpholine rings is 1. The van der Waals surface area contributed by atoms with Crippen molar-refractivity contribution in [1.82, 2.24) is 4.90 Å².